The van der Waals surface area contributed by atoms with Gasteiger partial charge in [0.25, 0.3) is 5.91 Å². The van der Waals surface area contributed by atoms with E-state index in [9.17, 15) is 4.79 Å². The Hall–Kier alpha value is -3.25. The SMILES string of the molecule is COc1cc(CNC(=O)COc2ccc(Cl)cc2)ccc1OCc1ccncc1. The number of ether oxygens (including phenoxy) is 3. The number of rotatable bonds is 9. The zero-order valence-electron chi connectivity index (χ0n) is 15.9. The van der Waals surface area contributed by atoms with Crippen LogP contribution in [0.5, 0.6) is 17.2 Å². The molecule has 0 fully saturated rings. The van der Waals surface area contributed by atoms with Gasteiger partial charge >= 0.3 is 0 Å². The van der Waals surface area contributed by atoms with Gasteiger partial charge < -0.3 is 19.5 Å². The summed E-state index contributed by atoms with van der Waals surface area (Å²) < 4.78 is 16.7. The van der Waals surface area contributed by atoms with Crippen LogP contribution in [0, 0.1) is 0 Å². The van der Waals surface area contributed by atoms with Crippen LogP contribution in [-0.2, 0) is 17.9 Å². The summed E-state index contributed by atoms with van der Waals surface area (Å²) in [5.41, 5.74) is 1.90. The van der Waals surface area contributed by atoms with E-state index in [0.717, 1.165) is 11.1 Å². The average Bonchev–Trinajstić information content (AvgIpc) is 2.76. The molecule has 0 aliphatic heterocycles. The van der Waals surface area contributed by atoms with E-state index < -0.39 is 0 Å². The molecule has 1 amide bonds. The summed E-state index contributed by atoms with van der Waals surface area (Å²) in [5, 5.41) is 3.43. The van der Waals surface area contributed by atoms with Gasteiger partial charge in [-0.1, -0.05) is 17.7 Å². The lowest BCUT2D eigenvalue weighted by Gasteiger charge is -2.13. The molecule has 0 atom stereocenters. The van der Waals surface area contributed by atoms with Crippen molar-refractivity contribution >= 4 is 17.5 Å². The van der Waals surface area contributed by atoms with Crippen LogP contribution in [0.2, 0.25) is 5.02 Å². The molecule has 6 nitrogen and oxygen atoms in total. The maximum absolute atomic E-state index is 12.0. The number of nitrogens with one attached hydrogen (secondary N) is 1. The van der Waals surface area contributed by atoms with Gasteiger partial charge in [0.05, 0.1) is 7.11 Å². The third kappa shape index (κ3) is 6.40. The second-order valence-electron chi connectivity index (χ2n) is 6.15. The predicted octanol–water partition coefficient (Wildman–Crippen LogP) is 4.02. The molecular weight excluding hydrogens is 392 g/mol. The number of amides is 1. The number of methoxy groups -OCH3 is 1. The Labute approximate surface area is 174 Å². The summed E-state index contributed by atoms with van der Waals surface area (Å²) in [5.74, 6) is 1.59. The molecule has 0 saturated carbocycles. The second kappa shape index (κ2) is 10.3. The van der Waals surface area contributed by atoms with E-state index in [2.05, 4.69) is 10.3 Å². The number of carbonyl (C=O) groups is 1. The summed E-state index contributed by atoms with van der Waals surface area (Å²) in [4.78, 5) is 16.0. The smallest absolute Gasteiger partial charge is 0.258 e. The van der Waals surface area contributed by atoms with Crippen molar-refractivity contribution < 1.29 is 19.0 Å². The maximum atomic E-state index is 12.0. The highest BCUT2D eigenvalue weighted by Gasteiger charge is 2.08. The fourth-order valence-electron chi connectivity index (χ4n) is 2.51. The maximum Gasteiger partial charge on any atom is 0.258 e. The highest BCUT2D eigenvalue weighted by Crippen LogP contribution is 2.28. The minimum Gasteiger partial charge on any atom is -0.493 e. The summed E-state index contributed by atoms with van der Waals surface area (Å²) in [6.45, 7) is 0.687. The lowest BCUT2D eigenvalue weighted by molar-refractivity contribution is -0.123. The molecule has 1 heterocycles. The Morgan fingerprint density at radius 3 is 2.45 bits per heavy atom. The summed E-state index contributed by atoms with van der Waals surface area (Å²) >= 11 is 5.82. The van der Waals surface area contributed by atoms with Crippen molar-refractivity contribution in [1.82, 2.24) is 10.3 Å². The first-order chi connectivity index (χ1) is 14.1. The number of aromatic nitrogens is 1. The number of carbonyl (C=O) groups excluding carboxylic acids is 1. The van der Waals surface area contributed by atoms with Crippen molar-refractivity contribution in [1.29, 1.82) is 0 Å². The topological polar surface area (TPSA) is 69.7 Å². The molecule has 0 spiro atoms. The van der Waals surface area contributed by atoms with E-state index in [1.807, 2.05) is 30.3 Å². The minimum atomic E-state index is -0.225. The summed E-state index contributed by atoms with van der Waals surface area (Å²) in [6.07, 6.45) is 3.44. The van der Waals surface area contributed by atoms with Gasteiger partial charge in [-0.15, -0.1) is 0 Å². The molecule has 7 heteroatoms. The van der Waals surface area contributed by atoms with Crippen LogP contribution in [0.1, 0.15) is 11.1 Å². The molecule has 0 bridgehead atoms. The van der Waals surface area contributed by atoms with Gasteiger partial charge in [0.1, 0.15) is 12.4 Å². The van der Waals surface area contributed by atoms with E-state index in [0.29, 0.717) is 35.4 Å². The monoisotopic (exact) mass is 412 g/mol. The van der Waals surface area contributed by atoms with E-state index in [1.54, 1.807) is 43.8 Å². The second-order valence-corrected chi connectivity index (χ2v) is 6.59. The zero-order chi connectivity index (χ0) is 20.5. The fourth-order valence-corrected chi connectivity index (χ4v) is 2.64. The van der Waals surface area contributed by atoms with Gasteiger partial charge in [-0.25, -0.2) is 0 Å². The third-order valence-corrected chi connectivity index (χ3v) is 4.30. The third-order valence-electron chi connectivity index (χ3n) is 4.04. The van der Waals surface area contributed by atoms with Crippen LogP contribution in [0.3, 0.4) is 0 Å². The van der Waals surface area contributed by atoms with Crippen LogP contribution < -0.4 is 19.5 Å². The molecular formula is C22H21ClN2O4. The number of hydrogen-bond acceptors (Lipinski definition) is 5. The zero-order valence-corrected chi connectivity index (χ0v) is 16.7. The van der Waals surface area contributed by atoms with Crippen molar-refractivity contribution in [2.45, 2.75) is 13.2 Å². The number of nitrogens with zero attached hydrogens (tertiary/aromatic N) is 1. The number of pyridine rings is 1. The van der Waals surface area contributed by atoms with Crippen LogP contribution >= 0.6 is 11.6 Å². The van der Waals surface area contributed by atoms with Gasteiger partial charge in [0.15, 0.2) is 18.1 Å². The number of hydrogen-bond donors (Lipinski definition) is 1. The molecule has 0 aliphatic carbocycles. The van der Waals surface area contributed by atoms with E-state index in [4.69, 9.17) is 25.8 Å². The normalized spacial score (nSPS) is 10.3. The lowest BCUT2D eigenvalue weighted by atomic mass is 10.2. The van der Waals surface area contributed by atoms with Crippen LogP contribution in [-0.4, -0.2) is 24.6 Å². The molecule has 3 aromatic rings. The first-order valence-corrected chi connectivity index (χ1v) is 9.35. The van der Waals surface area contributed by atoms with Crippen molar-refractivity contribution in [3.05, 3.63) is 83.1 Å². The van der Waals surface area contributed by atoms with Crippen molar-refractivity contribution in [2.24, 2.45) is 0 Å². The largest absolute Gasteiger partial charge is 0.493 e. The Bertz CT molecular complexity index is 933. The fraction of sp³-hybridized carbons (Fsp3) is 0.182. The van der Waals surface area contributed by atoms with Gasteiger partial charge in [-0.05, 0) is 59.7 Å². The standard InChI is InChI=1S/C22H21ClN2O4/c1-27-21-12-17(2-7-20(21)29-14-16-8-10-24-11-9-16)13-25-22(26)15-28-19-5-3-18(23)4-6-19/h2-12H,13-15H2,1H3,(H,25,26). The molecule has 0 saturated heterocycles. The molecule has 0 unspecified atom stereocenters. The Kier molecular flexibility index (Phi) is 7.30. The Morgan fingerprint density at radius 1 is 0.966 bits per heavy atom. The molecule has 0 radical (unpaired) electrons. The van der Waals surface area contributed by atoms with E-state index >= 15 is 0 Å². The molecule has 0 aliphatic rings. The van der Waals surface area contributed by atoms with E-state index in [1.165, 1.54) is 0 Å². The molecule has 3 rings (SSSR count). The van der Waals surface area contributed by atoms with Gasteiger partial charge in [0.2, 0.25) is 0 Å². The molecule has 1 aromatic heterocycles. The van der Waals surface area contributed by atoms with Gasteiger partial charge in [-0.3, -0.25) is 9.78 Å². The number of benzene rings is 2. The molecule has 2 aromatic carbocycles. The first kappa shape index (κ1) is 20.5. The Morgan fingerprint density at radius 2 is 1.72 bits per heavy atom. The highest BCUT2D eigenvalue weighted by atomic mass is 35.5. The van der Waals surface area contributed by atoms with Crippen LogP contribution in [0.25, 0.3) is 0 Å². The van der Waals surface area contributed by atoms with E-state index in [-0.39, 0.29) is 12.5 Å². The quantitative estimate of drug-likeness (QED) is 0.575. The van der Waals surface area contributed by atoms with Gasteiger partial charge in [-0.2, -0.15) is 0 Å². The highest BCUT2D eigenvalue weighted by molar-refractivity contribution is 6.30. The molecule has 29 heavy (non-hydrogen) atoms. The van der Waals surface area contributed by atoms with Crippen LogP contribution in [0.15, 0.2) is 67.0 Å². The van der Waals surface area contributed by atoms with Crippen molar-refractivity contribution in [2.75, 3.05) is 13.7 Å². The van der Waals surface area contributed by atoms with Crippen molar-refractivity contribution in [3.8, 4) is 17.2 Å². The summed E-state index contributed by atoms with van der Waals surface area (Å²) in [6, 6.07) is 16.2. The van der Waals surface area contributed by atoms with Gasteiger partial charge in [0, 0.05) is 24.0 Å². The Balaban J connectivity index is 1.50. The number of halogens is 1. The van der Waals surface area contributed by atoms with Crippen LogP contribution in [0.4, 0.5) is 0 Å². The molecule has 150 valence electrons. The lowest BCUT2D eigenvalue weighted by Crippen LogP contribution is -2.28. The summed E-state index contributed by atoms with van der Waals surface area (Å²) in [7, 11) is 1.58. The molecule has 1 N–H and O–H groups in total. The minimum absolute atomic E-state index is 0.0775. The first-order valence-electron chi connectivity index (χ1n) is 8.98. The predicted molar refractivity (Wildman–Crippen MR) is 110 cm³/mol. The van der Waals surface area contributed by atoms with Crippen molar-refractivity contribution in [3.63, 3.8) is 0 Å². The average molecular weight is 413 g/mol.